The predicted molar refractivity (Wildman–Crippen MR) is 63.2 cm³/mol. The van der Waals surface area contributed by atoms with Gasteiger partial charge in [0, 0.05) is 19.6 Å². The Balaban J connectivity index is 2.41. The Kier molecular flexibility index (Phi) is 4.93. The summed E-state index contributed by atoms with van der Waals surface area (Å²) in [7, 11) is 1.79. The number of rotatable bonds is 5. The van der Waals surface area contributed by atoms with Crippen LogP contribution in [0.1, 0.15) is 33.1 Å². The number of likely N-dealkylation sites (tertiary alicyclic amines) is 1. The number of nitrogens with zero attached hydrogens (tertiary/aromatic N) is 2. The average molecular weight is 226 g/mol. The van der Waals surface area contributed by atoms with Gasteiger partial charge in [-0.2, -0.15) is 0 Å². The Morgan fingerprint density at radius 1 is 1.44 bits per heavy atom. The highest BCUT2D eigenvalue weighted by atomic mass is 16.2. The number of likely N-dealkylation sites (N-methyl/N-ethyl adjacent to an activating group) is 2. The molecule has 0 aromatic carbocycles. The van der Waals surface area contributed by atoms with Gasteiger partial charge in [-0.05, 0) is 32.9 Å². The molecule has 0 bridgehead atoms. The molecule has 1 heterocycles. The summed E-state index contributed by atoms with van der Waals surface area (Å²) >= 11 is 0. The molecule has 1 atom stereocenters. The van der Waals surface area contributed by atoms with Crippen molar-refractivity contribution in [1.82, 2.24) is 9.80 Å². The van der Waals surface area contributed by atoms with E-state index in [1.807, 2.05) is 0 Å². The van der Waals surface area contributed by atoms with Crippen LogP contribution in [0.4, 0.5) is 0 Å². The van der Waals surface area contributed by atoms with E-state index < -0.39 is 0 Å². The number of hydrogen-bond donors (Lipinski definition) is 0. The zero-order valence-electron chi connectivity index (χ0n) is 10.5. The molecular formula is C12H22N2O2. The third kappa shape index (κ3) is 3.59. The topological polar surface area (TPSA) is 40.6 Å². The maximum absolute atomic E-state index is 11.6. The number of ketones is 1. The number of Topliss-reactive ketones (excluding diaryl/α,β-unsaturated/α-hetero) is 1. The van der Waals surface area contributed by atoms with Crippen LogP contribution in [0, 0.1) is 0 Å². The second-order valence-corrected chi connectivity index (χ2v) is 4.58. The van der Waals surface area contributed by atoms with Gasteiger partial charge >= 0.3 is 0 Å². The van der Waals surface area contributed by atoms with Crippen molar-refractivity contribution in [3.05, 3.63) is 0 Å². The van der Waals surface area contributed by atoms with E-state index >= 15 is 0 Å². The van der Waals surface area contributed by atoms with E-state index in [9.17, 15) is 9.59 Å². The van der Waals surface area contributed by atoms with Crippen molar-refractivity contribution in [1.29, 1.82) is 0 Å². The highest BCUT2D eigenvalue weighted by molar-refractivity contribution is 5.96. The molecule has 4 heteroatoms. The van der Waals surface area contributed by atoms with Gasteiger partial charge in [-0.25, -0.2) is 0 Å². The summed E-state index contributed by atoms with van der Waals surface area (Å²) < 4.78 is 0. The third-order valence-corrected chi connectivity index (χ3v) is 3.22. The second-order valence-electron chi connectivity index (χ2n) is 4.58. The summed E-state index contributed by atoms with van der Waals surface area (Å²) in [4.78, 5) is 26.6. The molecule has 1 aliphatic rings. The standard InChI is InChI=1S/C12H22N2O2/c1-4-14-7-5-6-11(14)9-13(3)12(16)8-10(2)15/h11H,4-9H2,1-3H3. The SMILES string of the molecule is CCN1CCCC1CN(C)C(=O)CC(C)=O. The van der Waals surface area contributed by atoms with Crippen LogP contribution in [0.2, 0.25) is 0 Å². The van der Waals surface area contributed by atoms with Crippen LogP contribution in [-0.4, -0.2) is 54.2 Å². The molecule has 0 radical (unpaired) electrons. The van der Waals surface area contributed by atoms with Crippen LogP contribution in [0.3, 0.4) is 0 Å². The molecule has 0 N–H and O–H groups in total. The minimum Gasteiger partial charge on any atom is -0.344 e. The summed E-state index contributed by atoms with van der Waals surface area (Å²) in [5, 5.41) is 0. The van der Waals surface area contributed by atoms with Gasteiger partial charge in [0.05, 0.1) is 6.42 Å². The number of carbonyl (C=O) groups is 2. The van der Waals surface area contributed by atoms with Crippen molar-refractivity contribution in [3.63, 3.8) is 0 Å². The van der Waals surface area contributed by atoms with Gasteiger partial charge in [0.2, 0.25) is 5.91 Å². The lowest BCUT2D eigenvalue weighted by atomic mass is 10.2. The normalized spacial score (nSPS) is 21.1. The van der Waals surface area contributed by atoms with Crippen LogP contribution in [0.25, 0.3) is 0 Å². The van der Waals surface area contributed by atoms with E-state index in [-0.39, 0.29) is 18.1 Å². The van der Waals surface area contributed by atoms with Gasteiger partial charge in [-0.1, -0.05) is 6.92 Å². The van der Waals surface area contributed by atoms with E-state index in [1.54, 1.807) is 11.9 Å². The monoisotopic (exact) mass is 226 g/mol. The van der Waals surface area contributed by atoms with Crippen molar-refractivity contribution in [3.8, 4) is 0 Å². The lowest BCUT2D eigenvalue weighted by Crippen LogP contribution is -2.41. The largest absolute Gasteiger partial charge is 0.344 e. The molecule has 0 aliphatic carbocycles. The zero-order chi connectivity index (χ0) is 12.1. The van der Waals surface area contributed by atoms with E-state index in [1.165, 1.54) is 13.3 Å². The number of amides is 1. The van der Waals surface area contributed by atoms with E-state index in [4.69, 9.17) is 0 Å². The van der Waals surface area contributed by atoms with Gasteiger partial charge in [-0.15, -0.1) is 0 Å². The molecule has 1 fully saturated rings. The fourth-order valence-corrected chi connectivity index (χ4v) is 2.28. The highest BCUT2D eigenvalue weighted by Crippen LogP contribution is 2.17. The van der Waals surface area contributed by atoms with Gasteiger partial charge in [0.25, 0.3) is 0 Å². The quantitative estimate of drug-likeness (QED) is 0.654. The van der Waals surface area contributed by atoms with E-state index in [0.29, 0.717) is 6.04 Å². The Hall–Kier alpha value is -0.900. The molecule has 0 spiro atoms. The van der Waals surface area contributed by atoms with Gasteiger partial charge in [0.1, 0.15) is 5.78 Å². The van der Waals surface area contributed by atoms with Gasteiger partial charge < -0.3 is 4.90 Å². The van der Waals surface area contributed by atoms with Gasteiger partial charge in [-0.3, -0.25) is 14.5 Å². The third-order valence-electron chi connectivity index (χ3n) is 3.22. The lowest BCUT2D eigenvalue weighted by molar-refractivity contribution is -0.134. The van der Waals surface area contributed by atoms with E-state index in [0.717, 1.165) is 26.1 Å². The van der Waals surface area contributed by atoms with Crippen molar-refractivity contribution < 1.29 is 9.59 Å². The molecule has 1 amide bonds. The molecule has 1 rings (SSSR count). The minimum absolute atomic E-state index is 0.0370. The first kappa shape index (κ1) is 13.2. The summed E-state index contributed by atoms with van der Waals surface area (Å²) in [6.45, 7) is 6.53. The highest BCUT2D eigenvalue weighted by Gasteiger charge is 2.25. The minimum atomic E-state index is -0.0598. The number of hydrogen-bond acceptors (Lipinski definition) is 3. The summed E-state index contributed by atoms with van der Waals surface area (Å²) in [5.74, 6) is -0.119. The van der Waals surface area contributed by atoms with Crippen molar-refractivity contribution in [2.24, 2.45) is 0 Å². The predicted octanol–water partition coefficient (Wildman–Crippen LogP) is 0.908. The molecule has 0 aromatic heterocycles. The van der Waals surface area contributed by atoms with Gasteiger partial charge in [0.15, 0.2) is 0 Å². The molecule has 1 aliphatic heterocycles. The first-order valence-electron chi connectivity index (χ1n) is 6.02. The van der Waals surface area contributed by atoms with Crippen LogP contribution in [-0.2, 0) is 9.59 Å². The van der Waals surface area contributed by atoms with Crippen LogP contribution in [0.5, 0.6) is 0 Å². The Bertz CT molecular complexity index is 266. The maximum atomic E-state index is 11.6. The summed E-state index contributed by atoms with van der Waals surface area (Å²) in [6.07, 6.45) is 2.41. The number of carbonyl (C=O) groups excluding carboxylic acids is 2. The Morgan fingerprint density at radius 3 is 2.69 bits per heavy atom. The first-order valence-corrected chi connectivity index (χ1v) is 6.02. The maximum Gasteiger partial charge on any atom is 0.229 e. The first-order chi connectivity index (χ1) is 7.54. The lowest BCUT2D eigenvalue weighted by Gasteiger charge is -2.27. The second kappa shape index (κ2) is 5.99. The zero-order valence-corrected chi connectivity index (χ0v) is 10.5. The van der Waals surface area contributed by atoms with E-state index in [2.05, 4.69) is 11.8 Å². The molecule has 16 heavy (non-hydrogen) atoms. The molecule has 1 saturated heterocycles. The summed E-state index contributed by atoms with van der Waals surface area (Å²) in [5.41, 5.74) is 0. The molecule has 0 aromatic rings. The molecular weight excluding hydrogens is 204 g/mol. The van der Waals surface area contributed by atoms with Crippen LogP contribution < -0.4 is 0 Å². The Morgan fingerprint density at radius 2 is 2.12 bits per heavy atom. The molecule has 92 valence electrons. The van der Waals surface area contributed by atoms with Crippen LogP contribution >= 0.6 is 0 Å². The smallest absolute Gasteiger partial charge is 0.229 e. The fourth-order valence-electron chi connectivity index (χ4n) is 2.28. The Labute approximate surface area is 97.6 Å². The van der Waals surface area contributed by atoms with Crippen molar-refractivity contribution in [2.45, 2.75) is 39.2 Å². The van der Waals surface area contributed by atoms with Crippen molar-refractivity contribution >= 4 is 11.7 Å². The molecule has 1 unspecified atom stereocenters. The molecule has 4 nitrogen and oxygen atoms in total. The fraction of sp³-hybridized carbons (Fsp3) is 0.833. The molecule has 0 saturated carbocycles. The van der Waals surface area contributed by atoms with Crippen molar-refractivity contribution in [2.75, 3.05) is 26.7 Å². The average Bonchev–Trinajstić information content (AvgIpc) is 2.64. The summed E-state index contributed by atoms with van der Waals surface area (Å²) in [6, 6.07) is 0.478. The van der Waals surface area contributed by atoms with Crippen LogP contribution in [0.15, 0.2) is 0 Å².